The summed E-state index contributed by atoms with van der Waals surface area (Å²) in [5.74, 6) is 1.63. The number of aromatic nitrogens is 2. The Bertz CT molecular complexity index is 607. The van der Waals surface area contributed by atoms with Gasteiger partial charge in [-0.05, 0) is 19.1 Å². The van der Waals surface area contributed by atoms with E-state index >= 15 is 0 Å². The molecule has 3 rings (SSSR count). The van der Waals surface area contributed by atoms with Gasteiger partial charge in [0.1, 0.15) is 5.82 Å². The normalized spacial score (nSPS) is 28.7. The molecular weight excluding hydrogens is 246 g/mol. The third kappa shape index (κ3) is 1.87. The van der Waals surface area contributed by atoms with Crippen molar-refractivity contribution in [2.75, 3.05) is 12.3 Å². The summed E-state index contributed by atoms with van der Waals surface area (Å²) in [6, 6.07) is 8.19. The summed E-state index contributed by atoms with van der Waals surface area (Å²) in [6.07, 6.45) is 0. The zero-order chi connectivity index (χ0) is 12.7. The van der Waals surface area contributed by atoms with E-state index < -0.39 is 10.8 Å². The third-order valence-electron chi connectivity index (χ3n) is 3.56. The molecule has 5 heteroatoms. The Kier molecular flexibility index (Phi) is 2.95. The maximum Gasteiger partial charge on any atom is 0.127 e. The Morgan fingerprint density at radius 1 is 1.44 bits per heavy atom. The number of aryl methyl sites for hydroxylation is 1. The van der Waals surface area contributed by atoms with E-state index in [1.165, 1.54) is 0 Å². The van der Waals surface area contributed by atoms with Gasteiger partial charge in [-0.1, -0.05) is 12.1 Å². The molecule has 1 N–H and O–H groups in total. The third-order valence-corrected chi connectivity index (χ3v) is 5.29. The lowest BCUT2D eigenvalue weighted by atomic mass is 10.3. The lowest BCUT2D eigenvalue weighted by Gasteiger charge is -2.26. The molecule has 0 spiro atoms. The zero-order valence-corrected chi connectivity index (χ0v) is 11.4. The minimum Gasteiger partial charge on any atom is -0.330 e. The Labute approximate surface area is 109 Å². The Morgan fingerprint density at radius 3 is 2.94 bits per heavy atom. The van der Waals surface area contributed by atoms with Gasteiger partial charge in [-0.3, -0.25) is 4.21 Å². The van der Waals surface area contributed by atoms with Crippen LogP contribution in [0.15, 0.2) is 24.3 Å². The van der Waals surface area contributed by atoms with E-state index in [1.54, 1.807) is 0 Å². The minimum absolute atomic E-state index is 0.0967. The van der Waals surface area contributed by atoms with E-state index in [4.69, 9.17) is 0 Å². The first kappa shape index (κ1) is 11.9. The van der Waals surface area contributed by atoms with E-state index in [1.807, 2.05) is 32.2 Å². The second-order valence-electron chi connectivity index (χ2n) is 4.84. The first-order valence-corrected chi connectivity index (χ1v) is 7.57. The highest BCUT2D eigenvalue weighted by atomic mass is 32.2. The lowest BCUT2D eigenvalue weighted by Crippen LogP contribution is -2.42. The van der Waals surface area contributed by atoms with Gasteiger partial charge in [0.2, 0.25) is 0 Å². The molecule has 2 heterocycles. The molecule has 1 aromatic carbocycles. The van der Waals surface area contributed by atoms with Crippen LogP contribution in [-0.2, 0) is 17.8 Å². The second kappa shape index (κ2) is 4.48. The van der Waals surface area contributed by atoms with Crippen molar-refractivity contribution in [2.45, 2.75) is 18.2 Å². The highest BCUT2D eigenvalue weighted by Gasteiger charge is 2.27. The second-order valence-corrected chi connectivity index (χ2v) is 6.74. The highest BCUT2D eigenvalue weighted by Crippen LogP contribution is 2.22. The molecule has 2 aromatic rings. The number of hydrogen-bond donors (Lipinski definition) is 1. The molecule has 1 aromatic heterocycles. The van der Waals surface area contributed by atoms with Gasteiger partial charge < -0.3 is 9.88 Å². The van der Waals surface area contributed by atoms with Gasteiger partial charge in [0.15, 0.2) is 0 Å². The molecule has 4 nitrogen and oxygen atoms in total. The Hall–Kier alpha value is -1.20. The summed E-state index contributed by atoms with van der Waals surface area (Å²) in [7, 11) is 1.26. The smallest absolute Gasteiger partial charge is 0.127 e. The number of imidazole rings is 1. The summed E-state index contributed by atoms with van der Waals surface area (Å²) in [5.41, 5.74) is 2.12. The minimum atomic E-state index is -0.761. The summed E-state index contributed by atoms with van der Waals surface area (Å²) in [5, 5.41) is 3.67. The van der Waals surface area contributed by atoms with E-state index in [9.17, 15) is 4.21 Å². The van der Waals surface area contributed by atoms with Gasteiger partial charge in [-0.15, -0.1) is 0 Å². The number of rotatable bonds is 1. The first-order valence-electron chi connectivity index (χ1n) is 6.18. The molecule has 96 valence electrons. The van der Waals surface area contributed by atoms with Crippen LogP contribution < -0.4 is 5.32 Å². The van der Waals surface area contributed by atoms with Gasteiger partial charge in [-0.25, -0.2) is 4.98 Å². The van der Waals surface area contributed by atoms with Crippen molar-refractivity contribution in [1.29, 1.82) is 0 Å². The molecular formula is C13H17N3OS. The van der Waals surface area contributed by atoms with E-state index in [-0.39, 0.29) is 11.3 Å². The molecule has 1 saturated heterocycles. The van der Waals surface area contributed by atoms with Crippen LogP contribution in [0.3, 0.4) is 0 Å². The van der Waals surface area contributed by atoms with Crippen LogP contribution in [0.1, 0.15) is 18.8 Å². The number of nitrogens with one attached hydrogen (secondary N) is 1. The molecule has 1 fully saturated rings. The number of benzene rings is 1. The molecule has 0 aliphatic carbocycles. The standard InChI is InChI=1S/C13H17N3OS/c1-9-7-14-11(8-18(9)17)13-15-10-5-3-4-6-12(10)16(13)2/h3-6,9,11,14H,7-8H2,1-2H3. The van der Waals surface area contributed by atoms with Crippen molar-refractivity contribution < 1.29 is 4.21 Å². The first-order chi connectivity index (χ1) is 8.66. The van der Waals surface area contributed by atoms with Gasteiger partial charge in [0.25, 0.3) is 0 Å². The van der Waals surface area contributed by atoms with Gasteiger partial charge >= 0.3 is 0 Å². The Balaban J connectivity index is 1.99. The zero-order valence-electron chi connectivity index (χ0n) is 10.6. The van der Waals surface area contributed by atoms with E-state index in [0.29, 0.717) is 5.75 Å². The van der Waals surface area contributed by atoms with Crippen molar-refractivity contribution >= 4 is 21.8 Å². The number of nitrogens with zero attached hydrogens (tertiary/aromatic N) is 2. The number of hydrogen-bond acceptors (Lipinski definition) is 3. The number of fused-ring (bicyclic) bond motifs is 1. The molecule has 0 saturated carbocycles. The van der Waals surface area contributed by atoms with Crippen LogP contribution in [0, 0.1) is 0 Å². The fourth-order valence-corrected chi connectivity index (χ4v) is 3.64. The predicted molar refractivity (Wildman–Crippen MR) is 73.9 cm³/mol. The van der Waals surface area contributed by atoms with Gasteiger partial charge in [0, 0.05) is 35.4 Å². The van der Waals surface area contributed by atoms with Crippen LogP contribution in [-0.4, -0.2) is 31.3 Å². The fraction of sp³-hybridized carbons (Fsp3) is 0.462. The largest absolute Gasteiger partial charge is 0.330 e. The molecule has 1 aliphatic heterocycles. The SMILES string of the molecule is CC1CNC(c2nc3ccccc3n2C)CS1=O. The average Bonchev–Trinajstić information content (AvgIpc) is 2.71. The van der Waals surface area contributed by atoms with Crippen LogP contribution in [0.4, 0.5) is 0 Å². The summed E-state index contributed by atoms with van der Waals surface area (Å²) >= 11 is 0. The van der Waals surface area contributed by atoms with E-state index in [0.717, 1.165) is 23.4 Å². The van der Waals surface area contributed by atoms with Crippen molar-refractivity contribution in [3.8, 4) is 0 Å². The molecule has 0 bridgehead atoms. The van der Waals surface area contributed by atoms with Gasteiger partial charge in [0.05, 0.1) is 17.1 Å². The van der Waals surface area contributed by atoms with Crippen LogP contribution >= 0.6 is 0 Å². The Morgan fingerprint density at radius 2 is 2.22 bits per heavy atom. The van der Waals surface area contributed by atoms with Gasteiger partial charge in [-0.2, -0.15) is 0 Å². The summed E-state index contributed by atoms with van der Waals surface area (Å²) < 4.78 is 14.0. The molecule has 18 heavy (non-hydrogen) atoms. The predicted octanol–water partition coefficient (Wildman–Crippen LogP) is 1.35. The average molecular weight is 263 g/mol. The number of para-hydroxylation sites is 2. The molecule has 3 atom stereocenters. The van der Waals surface area contributed by atoms with Crippen molar-refractivity contribution in [3.05, 3.63) is 30.1 Å². The molecule has 0 amide bonds. The highest BCUT2D eigenvalue weighted by molar-refractivity contribution is 7.85. The fourth-order valence-electron chi connectivity index (χ4n) is 2.43. The summed E-state index contributed by atoms with van der Waals surface area (Å²) in [6.45, 7) is 2.81. The molecule has 0 radical (unpaired) electrons. The quantitative estimate of drug-likeness (QED) is 0.845. The summed E-state index contributed by atoms with van der Waals surface area (Å²) in [4.78, 5) is 4.66. The maximum atomic E-state index is 11.9. The van der Waals surface area contributed by atoms with Crippen molar-refractivity contribution in [3.63, 3.8) is 0 Å². The molecule has 3 unspecified atom stereocenters. The van der Waals surface area contributed by atoms with E-state index in [2.05, 4.69) is 20.9 Å². The van der Waals surface area contributed by atoms with Crippen LogP contribution in [0.2, 0.25) is 0 Å². The van der Waals surface area contributed by atoms with Crippen molar-refractivity contribution in [2.24, 2.45) is 7.05 Å². The van der Waals surface area contributed by atoms with Crippen molar-refractivity contribution in [1.82, 2.24) is 14.9 Å². The van der Waals surface area contributed by atoms with Crippen LogP contribution in [0.5, 0.6) is 0 Å². The maximum absolute atomic E-state index is 11.9. The monoisotopic (exact) mass is 263 g/mol. The van der Waals surface area contributed by atoms with Crippen LogP contribution in [0.25, 0.3) is 11.0 Å². The topological polar surface area (TPSA) is 46.9 Å². The molecule has 1 aliphatic rings. The lowest BCUT2D eigenvalue weighted by molar-refractivity contribution is 0.510.